The number of aromatic amines is 1. The number of likely N-dealkylation sites (tertiary alicyclic amines) is 1. The predicted octanol–water partition coefficient (Wildman–Crippen LogP) is 2.82. The van der Waals surface area contributed by atoms with E-state index in [2.05, 4.69) is 20.2 Å². The third-order valence-corrected chi connectivity index (χ3v) is 4.76. The number of fused-ring (bicyclic) bond motifs is 1. The molecular weight excluding hydrogens is 335 g/mol. The van der Waals surface area contributed by atoms with Crippen molar-refractivity contribution in [2.24, 2.45) is 5.92 Å². The van der Waals surface area contributed by atoms with E-state index in [1.54, 1.807) is 12.3 Å². The summed E-state index contributed by atoms with van der Waals surface area (Å²) in [4.78, 5) is 22.2. The smallest absolute Gasteiger partial charge is 0.224 e. The quantitative estimate of drug-likeness (QED) is 0.737. The summed E-state index contributed by atoms with van der Waals surface area (Å²) >= 11 is 0. The Morgan fingerprint density at radius 3 is 3.19 bits per heavy atom. The highest BCUT2D eigenvalue weighted by Gasteiger charge is 2.26. The summed E-state index contributed by atoms with van der Waals surface area (Å²) in [7, 11) is 0. The van der Waals surface area contributed by atoms with Crippen LogP contribution in [-0.2, 0) is 17.9 Å². The number of nitrogens with zero attached hydrogens (tertiary/aromatic N) is 2. The van der Waals surface area contributed by atoms with E-state index in [9.17, 15) is 9.18 Å². The number of amides is 1. The predicted molar refractivity (Wildman–Crippen MR) is 94.6 cm³/mol. The lowest BCUT2D eigenvalue weighted by atomic mass is 9.97. The second-order valence-corrected chi connectivity index (χ2v) is 6.72. The van der Waals surface area contributed by atoms with Gasteiger partial charge in [0.2, 0.25) is 5.91 Å². The van der Waals surface area contributed by atoms with Crippen LogP contribution in [0.25, 0.3) is 11.0 Å². The number of rotatable bonds is 5. The van der Waals surface area contributed by atoms with Crippen molar-refractivity contribution >= 4 is 16.9 Å². The molecule has 0 aliphatic carbocycles. The highest BCUT2D eigenvalue weighted by molar-refractivity contribution is 5.79. The van der Waals surface area contributed by atoms with Gasteiger partial charge in [0.25, 0.3) is 0 Å². The molecule has 3 aromatic rings. The lowest BCUT2D eigenvalue weighted by molar-refractivity contribution is -0.127. The lowest BCUT2D eigenvalue weighted by Crippen LogP contribution is -2.42. The number of piperidine rings is 1. The molecule has 1 aliphatic rings. The van der Waals surface area contributed by atoms with Crippen LogP contribution < -0.4 is 5.32 Å². The van der Waals surface area contributed by atoms with E-state index in [0.717, 1.165) is 38.2 Å². The summed E-state index contributed by atoms with van der Waals surface area (Å²) in [5, 5.41) is 2.95. The van der Waals surface area contributed by atoms with Gasteiger partial charge >= 0.3 is 0 Å². The van der Waals surface area contributed by atoms with Crippen LogP contribution in [0.1, 0.15) is 24.4 Å². The summed E-state index contributed by atoms with van der Waals surface area (Å²) in [6.07, 6.45) is 3.54. The minimum absolute atomic E-state index is 0.0285. The lowest BCUT2D eigenvalue weighted by Gasteiger charge is -2.31. The van der Waals surface area contributed by atoms with Gasteiger partial charge in [-0.1, -0.05) is 0 Å². The van der Waals surface area contributed by atoms with Crippen LogP contribution in [0.15, 0.2) is 41.0 Å². The number of carbonyl (C=O) groups is 1. The van der Waals surface area contributed by atoms with Crippen molar-refractivity contribution in [1.82, 2.24) is 20.2 Å². The molecule has 1 aromatic carbocycles. The van der Waals surface area contributed by atoms with Crippen molar-refractivity contribution in [3.8, 4) is 0 Å². The number of hydrogen-bond donors (Lipinski definition) is 2. The zero-order valence-corrected chi connectivity index (χ0v) is 14.4. The molecule has 0 radical (unpaired) electrons. The molecule has 3 heterocycles. The third-order valence-electron chi connectivity index (χ3n) is 4.76. The van der Waals surface area contributed by atoms with Gasteiger partial charge in [-0.25, -0.2) is 9.37 Å². The fourth-order valence-electron chi connectivity index (χ4n) is 3.47. The molecule has 1 saturated heterocycles. The second kappa shape index (κ2) is 7.29. The Labute approximate surface area is 150 Å². The van der Waals surface area contributed by atoms with Crippen molar-refractivity contribution in [2.75, 3.05) is 13.1 Å². The zero-order valence-electron chi connectivity index (χ0n) is 14.4. The van der Waals surface area contributed by atoms with Crippen LogP contribution >= 0.6 is 0 Å². The molecule has 0 unspecified atom stereocenters. The number of benzene rings is 1. The molecular formula is C19H21FN4O2. The van der Waals surface area contributed by atoms with Gasteiger partial charge < -0.3 is 14.7 Å². The average molecular weight is 356 g/mol. The number of carbonyl (C=O) groups excluding carboxylic acids is 1. The zero-order chi connectivity index (χ0) is 17.9. The first-order valence-corrected chi connectivity index (χ1v) is 8.84. The maximum absolute atomic E-state index is 13.2. The summed E-state index contributed by atoms with van der Waals surface area (Å²) in [6, 6.07) is 8.24. The number of hydrogen-bond acceptors (Lipinski definition) is 4. The van der Waals surface area contributed by atoms with Crippen LogP contribution in [0.5, 0.6) is 0 Å². The molecule has 0 spiro atoms. The number of nitrogens with one attached hydrogen (secondary N) is 2. The van der Waals surface area contributed by atoms with Crippen LogP contribution in [-0.4, -0.2) is 33.9 Å². The molecule has 1 atom stereocenters. The van der Waals surface area contributed by atoms with Crippen LogP contribution in [0.4, 0.5) is 4.39 Å². The molecule has 0 bridgehead atoms. The SMILES string of the molecule is O=C(NCc1nc2ccc(F)cc2[nH]1)[C@H]1CCCN(Cc2ccco2)C1. The Kier molecular flexibility index (Phi) is 4.71. The largest absolute Gasteiger partial charge is 0.468 e. The van der Waals surface area contributed by atoms with Gasteiger partial charge in [-0.05, 0) is 49.7 Å². The number of aromatic nitrogens is 2. The highest BCUT2D eigenvalue weighted by atomic mass is 19.1. The van der Waals surface area contributed by atoms with Crippen molar-refractivity contribution in [3.63, 3.8) is 0 Å². The van der Waals surface area contributed by atoms with Crippen LogP contribution in [0.3, 0.4) is 0 Å². The van der Waals surface area contributed by atoms with E-state index in [4.69, 9.17) is 4.42 Å². The topological polar surface area (TPSA) is 74.2 Å². The van der Waals surface area contributed by atoms with Gasteiger partial charge in [-0.15, -0.1) is 0 Å². The monoisotopic (exact) mass is 356 g/mol. The first-order chi connectivity index (χ1) is 12.7. The van der Waals surface area contributed by atoms with Gasteiger partial charge in [-0.2, -0.15) is 0 Å². The van der Waals surface area contributed by atoms with Gasteiger partial charge in [0, 0.05) is 6.54 Å². The first kappa shape index (κ1) is 16.8. The maximum Gasteiger partial charge on any atom is 0.224 e. The van der Waals surface area contributed by atoms with Gasteiger partial charge in [0.15, 0.2) is 0 Å². The number of imidazole rings is 1. The molecule has 136 valence electrons. The van der Waals surface area contributed by atoms with E-state index in [1.165, 1.54) is 12.1 Å². The molecule has 1 amide bonds. The van der Waals surface area contributed by atoms with Crippen molar-refractivity contribution in [1.29, 1.82) is 0 Å². The Morgan fingerprint density at radius 2 is 2.35 bits per heavy atom. The molecule has 0 saturated carbocycles. The molecule has 1 fully saturated rings. The van der Waals surface area contributed by atoms with E-state index < -0.39 is 0 Å². The summed E-state index contributed by atoms with van der Waals surface area (Å²) in [5.41, 5.74) is 1.33. The maximum atomic E-state index is 13.2. The van der Waals surface area contributed by atoms with Crippen molar-refractivity contribution in [2.45, 2.75) is 25.9 Å². The van der Waals surface area contributed by atoms with Crippen molar-refractivity contribution in [3.05, 3.63) is 54.0 Å². The van der Waals surface area contributed by atoms with Gasteiger partial charge in [0.05, 0.1) is 36.3 Å². The van der Waals surface area contributed by atoms with Gasteiger partial charge in [0.1, 0.15) is 17.4 Å². The van der Waals surface area contributed by atoms with E-state index in [1.807, 2.05) is 12.1 Å². The standard InChI is InChI=1S/C19H21FN4O2/c20-14-5-6-16-17(9-14)23-18(22-16)10-21-19(25)13-3-1-7-24(11-13)12-15-4-2-8-26-15/h2,4-6,8-9,13H,1,3,7,10-12H2,(H,21,25)(H,22,23)/t13-/m0/s1. The minimum atomic E-state index is -0.310. The first-order valence-electron chi connectivity index (χ1n) is 8.84. The molecule has 4 rings (SSSR count). The average Bonchev–Trinajstić information content (AvgIpc) is 3.28. The Hall–Kier alpha value is -2.67. The molecule has 2 N–H and O–H groups in total. The molecule has 1 aliphatic heterocycles. The number of H-pyrrole nitrogens is 1. The van der Waals surface area contributed by atoms with Crippen LogP contribution in [0, 0.1) is 11.7 Å². The summed E-state index contributed by atoms with van der Waals surface area (Å²) in [5.74, 6) is 1.22. The highest BCUT2D eigenvalue weighted by Crippen LogP contribution is 2.19. The second-order valence-electron chi connectivity index (χ2n) is 6.72. The Balaban J connectivity index is 1.33. The number of halogens is 1. The van der Waals surface area contributed by atoms with E-state index >= 15 is 0 Å². The van der Waals surface area contributed by atoms with Crippen LogP contribution in [0.2, 0.25) is 0 Å². The van der Waals surface area contributed by atoms with E-state index in [0.29, 0.717) is 23.4 Å². The Bertz CT molecular complexity index is 890. The summed E-state index contributed by atoms with van der Waals surface area (Å²) in [6.45, 7) is 2.73. The molecule has 6 nitrogen and oxygen atoms in total. The van der Waals surface area contributed by atoms with E-state index in [-0.39, 0.29) is 17.6 Å². The normalized spacial score (nSPS) is 18.3. The fraction of sp³-hybridized carbons (Fsp3) is 0.368. The summed E-state index contributed by atoms with van der Waals surface area (Å²) < 4.78 is 18.6. The van der Waals surface area contributed by atoms with Gasteiger partial charge in [-0.3, -0.25) is 9.69 Å². The third kappa shape index (κ3) is 3.77. The molecule has 26 heavy (non-hydrogen) atoms. The fourth-order valence-corrected chi connectivity index (χ4v) is 3.47. The molecule has 7 heteroatoms. The molecule has 2 aromatic heterocycles. The van der Waals surface area contributed by atoms with Crippen molar-refractivity contribution < 1.29 is 13.6 Å². The Morgan fingerprint density at radius 1 is 1.42 bits per heavy atom. The number of furan rings is 1. The minimum Gasteiger partial charge on any atom is -0.468 e.